The standard InChI is InChI=1S/C14H10FN3O2/c15-10-3-4-11(12(8-10)20-14(16)19)18-7-5-9-2-1-6-17-13(9)18/h1-8H,(H2,16,19). The number of rotatable bonds is 2. The first-order chi connectivity index (χ1) is 9.65. The second kappa shape index (κ2) is 4.65. The Morgan fingerprint density at radius 1 is 1.30 bits per heavy atom. The zero-order valence-electron chi connectivity index (χ0n) is 10.3. The molecule has 20 heavy (non-hydrogen) atoms. The zero-order chi connectivity index (χ0) is 14.1. The highest BCUT2D eigenvalue weighted by Gasteiger charge is 2.12. The van der Waals surface area contributed by atoms with Gasteiger partial charge in [0.15, 0.2) is 5.75 Å². The van der Waals surface area contributed by atoms with Crippen LogP contribution in [0.5, 0.6) is 5.75 Å². The minimum atomic E-state index is -0.999. The maximum Gasteiger partial charge on any atom is 0.410 e. The van der Waals surface area contributed by atoms with Crippen LogP contribution in [0.25, 0.3) is 16.7 Å². The summed E-state index contributed by atoms with van der Waals surface area (Å²) >= 11 is 0. The Kier molecular flexibility index (Phi) is 2.83. The Labute approximate surface area is 113 Å². The van der Waals surface area contributed by atoms with Crippen LogP contribution in [0.4, 0.5) is 9.18 Å². The molecule has 1 amide bonds. The molecule has 0 aliphatic rings. The van der Waals surface area contributed by atoms with Gasteiger partial charge in [-0.1, -0.05) is 0 Å². The number of aromatic nitrogens is 2. The van der Waals surface area contributed by atoms with Gasteiger partial charge in [-0.05, 0) is 30.3 Å². The normalized spacial score (nSPS) is 10.7. The first kappa shape index (κ1) is 12.2. The number of fused-ring (bicyclic) bond motifs is 1. The minimum absolute atomic E-state index is 0.0423. The number of carbonyl (C=O) groups is 1. The maximum absolute atomic E-state index is 13.3. The summed E-state index contributed by atoms with van der Waals surface area (Å²) in [4.78, 5) is 15.2. The molecule has 1 aromatic carbocycles. The third-order valence-electron chi connectivity index (χ3n) is 2.84. The largest absolute Gasteiger partial charge is 0.410 e. The van der Waals surface area contributed by atoms with E-state index in [1.54, 1.807) is 17.0 Å². The molecule has 3 aromatic rings. The number of benzene rings is 1. The predicted molar refractivity (Wildman–Crippen MR) is 71.2 cm³/mol. The van der Waals surface area contributed by atoms with Crippen molar-refractivity contribution in [2.45, 2.75) is 0 Å². The molecule has 2 aromatic heterocycles. The van der Waals surface area contributed by atoms with Crippen molar-refractivity contribution in [3.63, 3.8) is 0 Å². The van der Waals surface area contributed by atoms with Crippen molar-refractivity contribution < 1.29 is 13.9 Å². The fraction of sp³-hybridized carbons (Fsp3) is 0. The van der Waals surface area contributed by atoms with E-state index in [2.05, 4.69) is 4.98 Å². The molecule has 2 heterocycles. The van der Waals surface area contributed by atoms with E-state index in [1.165, 1.54) is 12.1 Å². The summed E-state index contributed by atoms with van der Waals surface area (Å²) in [5.41, 5.74) is 6.16. The summed E-state index contributed by atoms with van der Waals surface area (Å²) in [7, 11) is 0. The van der Waals surface area contributed by atoms with Crippen molar-refractivity contribution in [3.05, 3.63) is 54.6 Å². The third kappa shape index (κ3) is 2.07. The number of carbonyl (C=O) groups excluding carboxylic acids is 1. The second-order valence-electron chi connectivity index (χ2n) is 4.14. The van der Waals surface area contributed by atoms with Crippen LogP contribution in [-0.4, -0.2) is 15.6 Å². The highest BCUT2D eigenvalue weighted by atomic mass is 19.1. The summed E-state index contributed by atoms with van der Waals surface area (Å²) in [6, 6.07) is 9.46. The fourth-order valence-electron chi connectivity index (χ4n) is 2.04. The van der Waals surface area contributed by atoms with E-state index >= 15 is 0 Å². The van der Waals surface area contributed by atoms with Gasteiger partial charge >= 0.3 is 6.09 Å². The summed E-state index contributed by atoms with van der Waals surface area (Å²) in [5, 5.41) is 0.918. The molecular weight excluding hydrogens is 261 g/mol. The van der Waals surface area contributed by atoms with E-state index in [-0.39, 0.29) is 5.75 Å². The molecule has 0 saturated carbocycles. The van der Waals surface area contributed by atoms with E-state index in [4.69, 9.17) is 10.5 Å². The number of amides is 1. The van der Waals surface area contributed by atoms with Gasteiger partial charge in [0.05, 0.1) is 5.69 Å². The first-order valence-corrected chi connectivity index (χ1v) is 5.84. The lowest BCUT2D eigenvalue weighted by Gasteiger charge is -2.10. The SMILES string of the molecule is NC(=O)Oc1cc(F)ccc1-n1ccc2cccnc21. The van der Waals surface area contributed by atoms with Crippen molar-refractivity contribution >= 4 is 17.1 Å². The van der Waals surface area contributed by atoms with Gasteiger partial charge < -0.3 is 10.5 Å². The molecule has 0 saturated heterocycles. The second-order valence-corrected chi connectivity index (χ2v) is 4.14. The number of ether oxygens (including phenoxy) is 1. The molecule has 2 N–H and O–H groups in total. The van der Waals surface area contributed by atoms with Crippen LogP contribution < -0.4 is 10.5 Å². The van der Waals surface area contributed by atoms with Gasteiger partial charge in [-0.15, -0.1) is 0 Å². The van der Waals surface area contributed by atoms with Gasteiger partial charge in [-0.2, -0.15) is 0 Å². The zero-order valence-corrected chi connectivity index (χ0v) is 10.3. The van der Waals surface area contributed by atoms with Gasteiger partial charge in [-0.3, -0.25) is 4.57 Å². The summed E-state index contributed by atoms with van der Waals surface area (Å²) in [5.74, 6) is -0.477. The van der Waals surface area contributed by atoms with Gasteiger partial charge in [0.1, 0.15) is 11.5 Å². The van der Waals surface area contributed by atoms with Crippen LogP contribution in [0.15, 0.2) is 48.8 Å². The topological polar surface area (TPSA) is 70.1 Å². The van der Waals surface area contributed by atoms with E-state index in [0.29, 0.717) is 11.3 Å². The average Bonchev–Trinajstić information content (AvgIpc) is 2.82. The predicted octanol–water partition coefficient (Wildman–Crippen LogP) is 2.62. The van der Waals surface area contributed by atoms with E-state index in [9.17, 15) is 9.18 Å². The van der Waals surface area contributed by atoms with E-state index in [0.717, 1.165) is 11.5 Å². The van der Waals surface area contributed by atoms with E-state index < -0.39 is 11.9 Å². The molecule has 0 spiro atoms. The Morgan fingerprint density at radius 3 is 2.95 bits per heavy atom. The Morgan fingerprint density at radius 2 is 2.15 bits per heavy atom. The van der Waals surface area contributed by atoms with Gasteiger partial charge in [0, 0.05) is 23.8 Å². The van der Waals surface area contributed by atoms with Gasteiger partial charge in [-0.25, -0.2) is 14.2 Å². The van der Waals surface area contributed by atoms with Crippen LogP contribution >= 0.6 is 0 Å². The van der Waals surface area contributed by atoms with Crippen LogP contribution in [-0.2, 0) is 0 Å². The van der Waals surface area contributed by atoms with Gasteiger partial charge in [0.2, 0.25) is 0 Å². The molecule has 100 valence electrons. The number of hydrogen-bond donors (Lipinski definition) is 1. The molecule has 0 fully saturated rings. The molecule has 0 aliphatic carbocycles. The molecule has 0 unspecified atom stereocenters. The summed E-state index contributed by atoms with van der Waals surface area (Å²) in [6.45, 7) is 0. The highest BCUT2D eigenvalue weighted by molar-refractivity contribution is 5.79. The van der Waals surface area contributed by atoms with Crippen LogP contribution in [0, 0.1) is 5.82 Å². The number of halogens is 1. The van der Waals surface area contributed by atoms with E-state index in [1.807, 2.05) is 18.2 Å². The quantitative estimate of drug-likeness (QED) is 0.778. The van der Waals surface area contributed by atoms with Crippen LogP contribution in [0.2, 0.25) is 0 Å². The average molecular weight is 271 g/mol. The Bertz CT molecular complexity index is 798. The molecule has 0 radical (unpaired) electrons. The maximum atomic E-state index is 13.3. The number of pyridine rings is 1. The van der Waals surface area contributed by atoms with Crippen molar-refractivity contribution in [2.75, 3.05) is 0 Å². The molecule has 0 aliphatic heterocycles. The molecule has 6 heteroatoms. The molecule has 3 rings (SSSR count). The third-order valence-corrected chi connectivity index (χ3v) is 2.84. The number of nitrogens with two attached hydrogens (primary N) is 1. The lowest BCUT2D eigenvalue weighted by molar-refractivity contribution is 0.210. The van der Waals surface area contributed by atoms with Crippen LogP contribution in [0.1, 0.15) is 0 Å². The number of primary amides is 1. The van der Waals surface area contributed by atoms with Crippen molar-refractivity contribution in [1.29, 1.82) is 0 Å². The van der Waals surface area contributed by atoms with Gasteiger partial charge in [0.25, 0.3) is 0 Å². The molecular formula is C14H10FN3O2. The molecule has 5 nitrogen and oxygen atoms in total. The number of hydrogen-bond acceptors (Lipinski definition) is 3. The lowest BCUT2D eigenvalue weighted by Crippen LogP contribution is -2.17. The lowest BCUT2D eigenvalue weighted by atomic mass is 10.2. The molecule has 0 atom stereocenters. The molecule has 0 bridgehead atoms. The van der Waals surface area contributed by atoms with Crippen molar-refractivity contribution in [2.24, 2.45) is 5.73 Å². The minimum Gasteiger partial charge on any atom is -0.408 e. The monoisotopic (exact) mass is 271 g/mol. The van der Waals surface area contributed by atoms with Crippen molar-refractivity contribution in [3.8, 4) is 11.4 Å². The highest BCUT2D eigenvalue weighted by Crippen LogP contribution is 2.27. The fourth-order valence-corrected chi connectivity index (χ4v) is 2.04. The number of nitrogens with zero attached hydrogens (tertiary/aromatic N) is 2. The first-order valence-electron chi connectivity index (χ1n) is 5.84. The van der Waals surface area contributed by atoms with Crippen molar-refractivity contribution in [1.82, 2.24) is 9.55 Å². The van der Waals surface area contributed by atoms with Crippen LogP contribution in [0.3, 0.4) is 0 Å². The Hall–Kier alpha value is -2.89. The summed E-state index contributed by atoms with van der Waals surface area (Å²) < 4.78 is 19.8. The Balaban J connectivity index is 2.21. The smallest absolute Gasteiger partial charge is 0.408 e. The summed E-state index contributed by atoms with van der Waals surface area (Å²) in [6.07, 6.45) is 2.41.